The van der Waals surface area contributed by atoms with Crippen LogP contribution in [-0.4, -0.2) is 33.2 Å². The summed E-state index contributed by atoms with van der Waals surface area (Å²) in [5, 5.41) is 9.46. The zero-order chi connectivity index (χ0) is 15.2. The van der Waals surface area contributed by atoms with Crippen LogP contribution in [0, 0.1) is 0 Å². The van der Waals surface area contributed by atoms with Crippen LogP contribution in [0.25, 0.3) is 0 Å². The molecule has 2 aromatic rings. The fourth-order valence-electron chi connectivity index (χ4n) is 2.61. The van der Waals surface area contributed by atoms with E-state index in [9.17, 15) is 0 Å². The second-order valence-corrected chi connectivity index (χ2v) is 6.46. The molecule has 2 heterocycles. The highest BCUT2D eigenvalue weighted by atomic mass is 32.2. The molecule has 5 nitrogen and oxygen atoms in total. The number of nitrogens with zero attached hydrogens (tertiary/aromatic N) is 3. The Labute approximate surface area is 135 Å². The third-order valence-electron chi connectivity index (χ3n) is 3.83. The first-order valence-electron chi connectivity index (χ1n) is 7.77. The molecule has 1 aromatic heterocycles. The fraction of sp³-hybridized carbons (Fsp3) is 0.500. The van der Waals surface area contributed by atoms with Gasteiger partial charge in [0.25, 0.3) is 0 Å². The minimum absolute atomic E-state index is 0.335. The van der Waals surface area contributed by atoms with E-state index in [0.717, 1.165) is 36.3 Å². The predicted octanol–water partition coefficient (Wildman–Crippen LogP) is 2.45. The van der Waals surface area contributed by atoms with Crippen molar-refractivity contribution in [3.05, 3.63) is 41.7 Å². The first-order valence-corrected chi connectivity index (χ1v) is 8.76. The number of hydrogen-bond donors (Lipinski definition) is 1. The number of aromatic nitrogens is 3. The van der Waals surface area contributed by atoms with Gasteiger partial charge in [-0.3, -0.25) is 0 Å². The van der Waals surface area contributed by atoms with E-state index in [0.29, 0.717) is 12.6 Å². The third kappa shape index (κ3) is 3.88. The van der Waals surface area contributed by atoms with Gasteiger partial charge in [-0.25, -0.2) is 0 Å². The van der Waals surface area contributed by atoms with E-state index in [1.54, 1.807) is 11.8 Å². The molecule has 1 aliphatic rings. The van der Waals surface area contributed by atoms with E-state index in [1.165, 1.54) is 18.4 Å². The topological polar surface area (TPSA) is 66.0 Å². The van der Waals surface area contributed by atoms with Gasteiger partial charge in [0, 0.05) is 12.4 Å². The molecule has 118 valence electrons. The Morgan fingerprint density at radius 3 is 2.82 bits per heavy atom. The van der Waals surface area contributed by atoms with E-state index < -0.39 is 0 Å². The summed E-state index contributed by atoms with van der Waals surface area (Å²) in [6.45, 7) is 2.05. The van der Waals surface area contributed by atoms with Crippen LogP contribution in [0.5, 0.6) is 0 Å². The Morgan fingerprint density at radius 1 is 1.23 bits per heavy atom. The number of nitrogens with two attached hydrogens (primary N) is 1. The summed E-state index contributed by atoms with van der Waals surface area (Å²) in [6, 6.07) is 10.3. The highest BCUT2D eigenvalue weighted by molar-refractivity contribution is 7.99. The van der Waals surface area contributed by atoms with Gasteiger partial charge in [-0.1, -0.05) is 42.1 Å². The van der Waals surface area contributed by atoms with Crippen molar-refractivity contribution >= 4 is 11.8 Å². The molecule has 22 heavy (non-hydrogen) atoms. The fourth-order valence-corrected chi connectivity index (χ4v) is 3.63. The number of ether oxygens (including phenoxy) is 1. The molecule has 0 aliphatic carbocycles. The van der Waals surface area contributed by atoms with E-state index in [-0.39, 0.29) is 0 Å². The minimum atomic E-state index is 0.335. The molecular weight excluding hydrogens is 296 g/mol. The molecule has 6 heteroatoms. The van der Waals surface area contributed by atoms with Crippen LogP contribution in [0.1, 0.15) is 30.7 Å². The zero-order valence-electron chi connectivity index (χ0n) is 12.6. The summed E-state index contributed by atoms with van der Waals surface area (Å²) in [6.07, 6.45) is 3.92. The first kappa shape index (κ1) is 15.5. The summed E-state index contributed by atoms with van der Waals surface area (Å²) in [5.41, 5.74) is 7.03. The molecule has 0 amide bonds. The van der Waals surface area contributed by atoms with Crippen molar-refractivity contribution in [3.63, 3.8) is 0 Å². The minimum Gasteiger partial charge on any atom is -0.377 e. The normalized spacial score (nSPS) is 18.5. The van der Waals surface area contributed by atoms with E-state index in [1.807, 2.05) is 18.2 Å². The predicted molar refractivity (Wildman–Crippen MR) is 87.8 cm³/mol. The summed E-state index contributed by atoms with van der Waals surface area (Å²) < 4.78 is 7.90. The van der Waals surface area contributed by atoms with Gasteiger partial charge in [-0.15, -0.1) is 10.2 Å². The van der Waals surface area contributed by atoms with Crippen molar-refractivity contribution < 1.29 is 4.74 Å². The monoisotopic (exact) mass is 318 g/mol. The molecule has 1 aromatic carbocycles. The largest absolute Gasteiger partial charge is 0.377 e. The van der Waals surface area contributed by atoms with Crippen LogP contribution in [0.3, 0.4) is 0 Å². The van der Waals surface area contributed by atoms with Gasteiger partial charge in [0.15, 0.2) is 5.16 Å². The van der Waals surface area contributed by atoms with Crippen LogP contribution in [0.2, 0.25) is 0 Å². The van der Waals surface area contributed by atoms with Crippen molar-refractivity contribution in [1.29, 1.82) is 0 Å². The first-order chi connectivity index (χ1) is 10.9. The Bertz CT molecular complexity index is 581. The van der Waals surface area contributed by atoms with E-state index in [4.69, 9.17) is 10.5 Å². The lowest BCUT2D eigenvalue weighted by molar-refractivity contribution is 0.0315. The van der Waals surface area contributed by atoms with E-state index in [2.05, 4.69) is 26.9 Å². The lowest BCUT2D eigenvalue weighted by Crippen LogP contribution is -2.21. The Balaban J connectivity index is 1.69. The van der Waals surface area contributed by atoms with Gasteiger partial charge in [0.1, 0.15) is 5.82 Å². The molecule has 2 N–H and O–H groups in total. The highest BCUT2D eigenvalue weighted by Gasteiger charge is 2.17. The van der Waals surface area contributed by atoms with Crippen LogP contribution < -0.4 is 5.73 Å². The van der Waals surface area contributed by atoms with E-state index >= 15 is 0 Å². The van der Waals surface area contributed by atoms with Gasteiger partial charge >= 0.3 is 0 Å². The van der Waals surface area contributed by atoms with Gasteiger partial charge in [0.05, 0.1) is 19.2 Å². The lowest BCUT2D eigenvalue weighted by atomic mass is 10.1. The molecule has 0 spiro atoms. The van der Waals surface area contributed by atoms with Crippen LogP contribution in [-0.2, 0) is 17.8 Å². The smallest absolute Gasteiger partial charge is 0.191 e. The van der Waals surface area contributed by atoms with Crippen LogP contribution in [0.15, 0.2) is 35.5 Å². The number of hydrogen-bond acceptors (Lipinski definition) is 5. The Morgan fingerprint density at radius 2 is 2.09 bits per heavy atom. The lowest BCUT2D eigenvalue weighted by Gasteiger charge is -2.21. The average molecular weight is 318 g/mol. The molecule has 0 radical (unpaired) electrons. The van der Waals surface area contributed by atoms with Crippen molar-refractivity contribution in [1.82, 2.24) is 14.8 Å². The van der Waals surface area contributed by atoms with Gasteiger partial charge in [0.2, 0.25) is 0 Å². The number of rotatable bonds is 6. The SMILES string of the molecule is NCc1nnc(SC[C@@H]2CCCCO2)n1Cc1ccccc1. The zero-order valence-corrected chi connectivity index (χ0v) is 13.5. The molecule has 1 atom stereocenters. The number of thioether (sulfide) groups is 1. The summed E-state index contributed by atoms with van der Waals surface area (Å²) in [7, 11) is 0. The standard InChI is InChI=1S/C16H22N4OS/c17-10-15-18-19-16(22-12-14-8-4-5-9-21-14)20(15)11-13-6-2-1-3-7-13/h1-3,6-7,14H,4-5,8-12,17H2/t14-/m0/s1. The molecular formula is C16H22N4OS. The maximum atomic E-state index is 5.80. The average Bonchev–Trinajstić information content (AvgIpc) is 2.97. The van der Waals surface area contributed by atoms with Crippen molar-refractivity contribution in [2.24, 2.45) is 5.73 Å². The van der Waals surface area contributed by atoms with Crippen molar-refractivity contribution in [2.75, 3.05) is 12.4 Å². The molecule has 1 saturated heterocycles. The molecule has 1 fully saturated rings. The molecule has 0 saturated carbocycles. The maximum Gasteiger partial charge on any atom is 0.191 e. The van der Waals surface area contributed by atoms with Crippen molar-refractivity contribution in [2.45, 2.75) is 43.6 Å². The second kappa shape index (κ2) is 7.76. The third-order valence-corrected chi connectivity index (χ3v) is 4.93. The Kier molecular flexibility index (Phi) is 5.48. The maximum absolute atomic E-state index is 5.80. The van der Waals surface area contributed by atoms with Gasteiger partial charge in [-0.05, 0) is 24.8 Å². The summed E-state index contributed by atoms with van der Waals surface area (Å²) in [5.74, 6) is 1.76. The quantitative estimate of drug-likeness (QED) is 0.829. The van der Waals surface area contributed by atoms with Gasteiger partial charge in [-0.2, -0.15) is 0 Å². The molecule has 0 bridgehead atoms. The van der Waals surface area contributed by atoms with Crippen LogP contribution in [0.4, 0.5) is 0 Å². The van der Waals surface area contributed by atoms with Gasteiger partial charge < -0.3 is 15.0 Å². The summed E-state index contributed by atoms with van der Waals surface area (Å²) in [4.78, 5) is 0. The summed E-state index contributed by atoms with van der Waals surface area (Å²) >= 11 is 1.72. The highest BCUT2D eigenvalue weighted by Crippen LogP contribution is 2.23. The molecule has 0 unspecified atom stereocenters. The van der Waals surface area contributed by atoms with Crippen LogP contribution >= 0.6 is 11.8 Å². The Hall–Kier alpha value is -1.37. The molecule has 1 aliphatic heterocycles. The second-order valence-electron chi connectivity index (χ2n) is 5.47. The van der Waals surface area contributed by atoms with Crippen molar-refractivity contribution in [3.8, 4) is 0 Å². The molecule has 3 rings (SSSR count). The number of benzene rings is 1.